The van der Waals surface area contributed by atoms with Crippen molar-refractivity contribution in [2.45, 2.75) is 0 Å². The summed E-state index contributed by atoms with van der Waals surface area (Å²) in [6, 6.07) is 3.95. The highest BCUT2D eigenvalue weighted by atomic mass is 127. The van der Waals surface area contributed by atoms with Gasteiger partial charge in [-0.25, -0.2) is 14.3 Å². The number of halogens is 3. The van der Waals surface area contributed by atoms with E-state index in [1.54, 1.807) is 21.8 Å². The predicted molar refractivity (Wildman–Crippen MR) is 91.6 cm³/mol. The molecule has 0 bridgehead atoms. The Balaban J connectivity index is 2.10. The fourth-order valence-electron chi connectivity index (χ4n) is 1.56. The van der Waals surface area contributed by atoms with Gasteiger partial charge >= 0.3 is 0 Å². The molecular weight excluding hydrogens is 536 g/mol. The van der Waals surface area contributed by atoms with Gasteiger partial charge in [-0.1, -0.05) is 0 Å². The second kappa shape index (κ2) is 5.48. The van der Waals surface area contributed by atoms with Crippen LogP contribution in [0.3, 0.4) is 0 Å². The van der Waals surface area contributed by atoms with Crippen LogP contribution in [0.25, 0.3) is 11.6 Å². The topological polar surface area (TPSA) is 48.5 Å². The zero-order valence-corrected chi connectivity index (χ0v) is 15.2. The third kappa shape index (κ3) is 2.99. The zero-order valence-electron chi connectivity index (χ0n) is 9.33. The standard InChI is InChI=1S/C11H6BrI2N5/c12-7-3-15-18(5-7)10-1-8(13)2-11(17-10)19-6-9(14)4-16-19/h1-6H. The monoisotopic (exact) mass is 541 g/mol. The first-order chi connectivity index (χ1) is 9.11. The molecule has 3 aromatic rings. The molecule has 0 aliphatic carbocycles. The fraction of sp³-hybridized carbons (Fsp3) is 0. The van der Waals surface area contributed by atoms with E-state index in [0.717, 1.165) is 23.2 Å². The van der Waals surface area contributed by atoms with Crippen molar-refractivity contribution in [2.24, 2.45) is 0 Å². The maximum atomic E-state index is 4.57. The molecule has 0 radical (unpaired) electrons. The minimum atomic E-state index is 0.762. The molecule has 8 heteroatoms. The van der Waals surface area contributed by atoms with Gasteiger partial charge in [0.05, 0.1) is 20.4 Å². The van der Waals surface area contributed by atoms with Gasteiger partial charge in [-0.15, -0.1) is 0 Å². The number of hydrogen-bond donors (Lipinski definition) is 0. The molecule has 0 aromatic carbocycles. The van der Waals surface area contributed by atoms with Crippen LogP contribution in [-0.4, -0.2) is 24.5 Å². The Bertz CT molecular complexity index is 678. The number of rotatable bonds is 2. The number of hydrogen-bond acceptors (Lipinski definition) is 3. The average molecular weight is 542 g/mol. The summed E-state index contributed by atoms with van der Waals surface area (Å²) in [6.45, 7) is 0. The summed E-state index contributed by atoms with van der Waals surface area (Å²) < 4.78 is 6.55. The fourth-order valence-corrected chi connectivity index (χ4v) is 2.79. The molecule has 0 unspecified atom stereocenters. The van der Waals surface area contributed by atoms with Gasteiger partial charge in [0.1, 0.15) is 0 Å². The average Bonchev–Trinajstić information content (AvgIpc) is 2.97. The van der Waals surface area contributed by atoms with Crippen LogP contribution in [0.15, 0.2) is 41.4 Å². The van der Waals surface area contributed by atoms with E-state index in [-0.39, 0.29) is 0 Å². The SMILES string of the molecule is Brc1cnn(-c2cc(I)cc(-n3cc(I)cn3)n2)c1. The first-order valence-electron chi connectivity index (χ1n) is 5.20. The van der Waals surface area contributed by atoms with E-state index in [1.807, 2.05) is 24.5 Å². The molecule has 0 saturated carbocycles. The van der Waals surface area contributed by atoms with Crippen molar-refractivity contribution in [2.75, 3.05) is 0 Å². The Morgan fingerprint density at radius 3 is 2.05 bits per heavy atom. The van der Waals surface area contributed by atoms with Crippen molar-refractivity contribution in [3.8, 4) is 11.6 Å². The predicted octanol–water partition coefficient (Wildman–Crippen LogP) is 3.42. The molecule has 0 aliphatic rings. The maximum Gasteiger partial charge on any atom is 0.156 e. The van der Waals surface area contributed by atoms with Gasteiger partial charge in [-0.05, 0) is 73.2 Å². The molecule has 0 N–H and O–H groups in total. The van der Waals surface area contributed by atoms with Crippen LogP contribution in [0.2, 0.25) is 0 Å². The highest BCUT2D eigenvalue weighted by molar-refractivity contribution is 14.1. The molecule has 0 aliphatic heterocycles. The summed E-state index contributed by atoms with van der Waals surface area (Å²) in [4.78, 5) is 4.57. The Labute approximate surface area is 144 Å². The molecular formula is C11H6BrI2N5. The number of pyridine rings is 1. The van der Waals surface area contributed by atoms with Crippen LogP contribution in [0.5, 0.6) is 0 Å². The highest BCUT2D eigenvalue weighted by Gasteiger charge is 2.07. The zero-order chi connectivity index (χ0) is 13.4. The van der Waals surface area contributed by atoms with Crippen LogP contribution in [0.4, 0.5) is 0 Å². The molecule has 3 aromatic heterocycles. The molecule has 0 fully saturated rings. The summed E-state index contributed by atoms with van der Waals surface area (Å²) in [6.07, 6.45) is 7.33. The first kappa shape index (κ1) is 13.5. The van der Waals surface area contributed by atoms with Gasteiger partial charge in [0.25, 0.3) is 0 Å². The molecule has 96 valence electrons. The minimum absolute atomic E-state index is 0.762. The lowest BCUT2D eigenvalue weighted by molar-refractivity contribution is 0.801. The van der Waals surface area contributed by atoms with Crippen LogP contribution >= 0.6 is 61.1 Å². The molecule has 0 saturated heterocycles. The first-order valence-corrected chi connectivity index (χ1v) is 8.15. The van der Waals surface area contributed by atoms with Crippen molar-refractivity contribution >= 4 is 61.1 Å². The van der Waals surface area contributed by atoms with E-state index in [2.05, 4.69) is 76.3 Å². The van der Waals surface area contributed by atoms with Crippen molar-refractivity contribution in [1.82, 2.24) is 24.5 Å². The summed E-state index contributed by atoms with van der Waals surface area (Å²) in [5, 5.41) is 8.51. The molecule has 0 spiro atoms. The van der Waals surface area contributed by atoms with Crippen LogP contribution in [-0.2, 0) is 0 Å². The van der Waals surface area contributed by atoms with Gasteiger partial charge < -0.3 is 0 Å². The largest absolute Gasteiger partial charge is 0.221 e. The van der Waals surface area contributed by atoms with Crippen molar-refractivity contribution in [3.05, 3.63) is 48.5 Å². The van der Waals surface area contributed by atoms with Crippen LogP contribution in [0, 0.1) is 7.14 Å². The Hall–Kier alpha value is -0.490. The molecule has 5 nitrogen and oxygen atoms in total. The van der Waals surface area contributed by atoms with Gasteiger partial charge in [-0.2, -0.15) is 10.2 Å². The third-order valence-electron chi connectivity index (χ3n) is 2.33. The number of nitrogens with zero attached hydrogens (tertiary/aromatic N) is 5. The summed E-state index contributed by atoms with van der Waals surface area (Å²) in [5.41, 5.74) is 0. The Morgan fingerprint density at radius 1 is 0.895 bits per heavy atom. The van der Waals surface area contributed by atoms with Crippen molar-refractivity contribution in [3.63, 3.8) is 0 Å². The maximum absolute atomic E-state index is 4.57. The van der Waals surface area contributed by atoms with Crippen molar-refractivity contribution in [1.29, 1.82) is 0 Å². The van der Waals surface area contributed by atoms with Crippen molar-refractivity contribution < 1.29 is 0 Å². The molecule has 3 heterocycles. The van der Waals surface area contributed by atoms with Gasteiger partial charge in [0, 0.05) is 16.0 Å². The van der Waals surface area contributed by atoms with E-state index in [4.69, 9.17) is 0 Å². The number of aromatic nitrogens is 5. The van der Waals surface area contributed by atoms with E-state index < -0.39 is 0 Å². The van der Waals surface area contributed by atoms with E-state index in [1.165, 1.54) is 0 Å². The second-order valence-electron chi connectivity index (χ2n) is 3.71. The van der Waals surface area contributed by atoms with E-state index >= 15 is 0 Å². The van der Waals surface area contributed by atoms with E-state index in [9.17, 15) is 0 Å². The summed E-state index contributed by atoms with van der Waals surface area (Å²) in [5.74, 6) is 1.54. The second-order valence-corrected chi connectivity index (χ2v) is 7.11. The minimum Gasteiger partial charge on any atom is -0.221 e. The molecule has 19 heavy (non-hydrogen) atoms. The lowest BCUT2D eigenvalue weighted by Crippen LogP contribution is -2.04. The summed E-state index contributed by atoms with van der Waals surface area (Å²) in [7, 11) is 0. The normalized spacial score (nSPS) is 10.9. The Kier molecular flexibility index (Phi) is 3.89. The lowest BCUT2D eigenvalue weighted by atomic mass is 10.4. The molecule has 0 atom stereocenters. The highest BCUT2D eigenvalue weighted by Crippen LogP contribution is 2.17. The molecule has 0 amide bonds. The molecule has 3 rings (SSSR count). The van der Waals surface area contributed by atoms with Gasteiger partial charge in [-0.3, -0.25) is 0 Å². The van der Waals surface area contributed by atoms with E-state index in [0.29, 0.717) is 0 Å². The van der Waals surface area contributed by atoms with Crippen LogP contribution < -0.4 is 0 Å². The lowest BCUT2D eigenvalue weighted by Gasteiger charge is -2.05. The van der Waals surface area contributed by atoms with Crippen LogP contribution in [0.1, 0.15) is 0 Å². The summed E-state index contributed by atoms with van der Waals surface area (Å²) >= 11 is 7.87. The third-order valence-corrected chi connectivity index (χ3v) is 3.92. The quantitative estimate of drug-likeness (QED) is 0.467. The van der Waals surface area contributed by atoms with Gasteiger partial charge in [0.2, 0.25) is 0 Å². The Morgan fingerprint density at radius 2 is 1.53 bits per heavy atom. The van der Waals surface area contributed by atoms with Gasteiger partial charge in [0.15, 0.2) is 11.6 Å². The smallest absolute Gasteiger partial charge is 0.156 e.